The van der Waals surface area contributed by atoms with E-state index in [1.54, 1.807) is 11.0 Å². The Bertz CT molecular complexity index is 784. The topological polar surface area (TPSA) is 46.6 Å². The van der Waals surface area contributed by atoms with E-state index < -0.39 is 12.1 Å². The molecule has 2 aliphatic rings. The lowest BCUT2D eigenvalue weighted by molar-refractivity contribution is -0.127. The number of amides is 1. The highest BCUT2D eigenvalue weighted by Crippen LogP contribution is 2.29. The smallest absolute Gasteiger partial charge is 0.339 e. The molecular weight excluding hydrogens is 290 g/mol. The first kappa shape index (κ1) is 14.0. The third-order valence-corrected chi connectivity index (χ3v) is 4.54. The standard InChI is InChI=1S/C19H17NO3/c21-18(20-11-5-8-13-6-2-4-10-16(13)20)17-12-14-7-1-3-9-15(14)19(22)23-17/h1-4,6-7,9-10,17H,5,8,11-12H2/t17-/m1/s1. The van der Waals surface area contributed by atoms with Crippen LogP contribution in [0.2, 0.25) is 0 Å². The van der Waals surface area contributed by atoms with Crippen molar-refractivity contribution in [3.05, 3.63) is 65.2 Å². The van der Waals surface area contributed by atoms with Crippen LogP contribution in [0.1, 0.15) is 27.9 Å². The molecule has 2 aromatic carbocycles. The van der Waals surface area contributed by atoms with Gasteiger partial charge in [-0.05, 0) is 36.1 Å². The van der Waals surface area contributed by atoms with Crippen LogP contribution in [-0.4, -0.2) is 24.5 Å². The van der Waals surface area contributed by atoms with E-state index in [2.05, 4.69) is 6.07 Å². The summed E-state index contributed by atoms with van der Waals surface area (Å²) >= 11 is 0. The van der Waals surface area contributed by atoms with Gasteiger partial charge in [-0.3, -0.25) is 4.79 Å². The molecule has 0 aromatic heterocycles. The molecule has 0 aliphatic carbocycles. The van der Waals surface area contributed by atoms with E-state index in [-0.39, 0.29) is 5.91 Å². The lowest BCUT2D eigenvalue weighted by Crippen LogP contribution is -2.46. The van der Waals surface area contributed by atoms with Gasteiger partial charge in [-0.2, -0.15) is 0 Å². The van der Waals surface area contributed by atoms with E-state index >= 15 is 0 Å². The molecule has 0 N–H and O–H groups in total. The van der Waals surface area contributed by atoms with Crippen molar-refractivity contribution in [3.8, 4) is 0 Å². The quantitative estimate of drug-likeness (QED) is 0.761. The lowest BCUT2D eigenvalue weighted by Gasteiger charge is -2.33. The molecule has 23 heavy (non-hydrogen) atoms. The Labute approximate surface area is 134 Å². The van der Waals surface area contributed by atoms with Crippen LogP contribution in [0.4, 0.5) is 5.69 Å². The molecule has 0 spiro atoms. The molecule has 2 aliphatic heterocycles. The summed E-state index contributed by atoms with van der Waals surface area (Å²) in [5.74, 6) is -0.532. The molecule has 0 fully saturated rings. The molecule has 2 heterocycles. The molecule has 0 bridgehead atoms. The van der Waals surface area contributed by atoms with Gasteiger partial charge in [0.1, 0.15) is 0 Å². The van der Waals surface area contributed by atoms with Crippen molar-refractivity contribution in [2.75, 3.05) is 11.4 Å². The number of hydrogen-bond donors (Lipinski definition) is 0. The van der Waals surface area contributed by atoms with Crippen LogP contribution in [0.25, 0.3) is 0 Å². The molecule has 0 saturated carbocycles. The minimum absolute atomic E-state index is 0.125. The van der Waals surface area contributed by atoms with E-state index in [1.807, 2.05) is 36.4 Å². The van der Waals surface area contributed by atoms with Crippen molar-refractivity contribution in [1.29, 1.82) is 0 Å². The number of rotatable bonds is 1. The van der Waals surface area contributed by atoms with Gasteiger partial charge in [0.15, 0.2) is 6.10 Å². The van der Waals surface area contributed by atoms with Crippen LogP contribution in [-0.2, 0) is 22.4 Å². The third-order valence-electron chi connectivity index (χ3n) is 4.54. The molecule has 0 radical (unpaired) electrons. The largest absolute Gasteiger partial charge is 0.448 e. The van der Waals surface area contributed by atoms with Crippen LogP contribution in [0.3, 0.4) is 0 Å². The number of carbonyl (C=O) groups excluding carboxylic acids is 2. The Morgan fingerprint density at radius 1 is 1.04 bits per heavy atom. The van der Waals surface area contributed by atoms with Crippen LogP contribution >= 0.6 is 0 Å². The highest BCUT2D eigenvalue weighted by Gasteiger charge is 2.35. The van der Waals surface area contributed by atoms with Crippen LogP contribution in [0, 0.1) is 0 Å². The average Bonchev–Trinajstić information content (AvgIpc) is 2.60. The number of nitrogens with zero attached hydrogens (tertiary/aromatic N) is 1. The summed E-state index contributed by atoms with van der Waals surface area (Å²) in [6.07, 6.45) is 1.62. The van der Waals surface area contributed by atoms with E-state index in [0.29, 0.717) is 18.5 Å². The van der Waals surface area contributed by atoms with Gasteiger partial charge in [-0.15, -0.1) is 0 Å². The van der Waals surface area contributed by atoms with E-state index in [0.717, 1.165) is 24.1 Å². The molecule has 116 valence electrons. The lowest BCUT2D eigenvalue weighted by atomic mass is 9.96. The zero-order valence-corrected chi connectivity index (χ0v) is 12.7. The summed E-state index contributed by atoms with van der Waals surface area (Å²) in [6.45, 7) is 0.672. The number of ether oxygens (including phenoxy) is 1. The molecule has 0 saturated heterocycles. The Morgan fingerprint density at radius 3 is 2.65 bits per heavy atom. The molecule has 1 amide bonds. The molecule has 4 heteroatoms. The Hall–Kier alpha value is -2.62. The van der Waals surface area contributed by atoms with Crippen molar-refractivity contribution in [2.45, 2.75) is 25.4 Å². The summed E-state index contributed by atoms with van der Waals surface area (Å²) in [4.78, 5) is 26.8. The van der Waals surface area contributed by atoms with Gasteiger partial charge in [-0.1, -0.05) is 36.4 Å². The maximum atomic E-state index is 12.9. The van der Waals surface area contributed by atoms with Gasteiger partial charge in [0.25, 0.3) is 5.91 Å². The summed E-state index contributed by atoms with van der Waals surface area (Å²) in [5, 5.41) is 0. The first-order chi connectivity index (χ1) is 11.2. The number of hydrogen-bond acceptors (Lipinski definition) is 3. The zero-order chi connectivity index (χ0) is 15.8. The second-order valence-electron chi connectivity index (χ2n) is 5.98. The molecule has 1 atom stereocenters. The number of fused-ring (bicyclic) bond motifs is 2. The normalized spacial score (nSPS) is 19.6. The molecule has 0 unspecified atom stereocenters. The SMILES string of the molecule is O=C1O[C@@H](C(=O)N2CCCc3ccccc32)Cc2ccccc21. The van der Waals surface area contributed by atoms with Gasteiger partial charge >= 0.3 is 5.97 Å². The predicted molar refractivity (Wildman–Crippen MR) is 86.5 cm³/mol. The molecular formula is C19H17NO3. The summed E-state index contributed by atoms with van der Waals surface area (Å²) in [7, 11) is 0. The van der Waals surface area contributed by atoms with Gasteiger partial charge in [-0.25, -0.2) is 4.79 Å². The number of anilines is 1. The minimum Gasteiger partial charge on any atom is -0.448 e. The highest BCUT2D eigenvalue weighted by molar-refractivity contribution is 6.02. The first-order valence-electron chi connectivity index (χ1n) is 7.92. The van der Waals surface area contributed by atoms with Gasteiger partial charge in [0.2, 0.25) is 0 Å². The van der Waals surface area contributed by atoms with Crippen molar-refractivity contribution >= 4 is 17.6 Å². The van der Waals surface area contributed by atoms with E-state index in [9.17, 15) is 9.59 Å². The van der Waals surface area contributed by atoms with Gasteiger partial charge < -0.3 is 9.64 Å². The third kappa shape index (κ3) is 2.40. The second kappa shape index (κ2) is 5.54. The average molecular weight is 307 g/mol. The fraction of sp³-hybridized carbons (Fsp3) is 0.263. The van der Waals surface area contributed by atoms with E-state index in [1.165, 1.54) is 5.56 Å². The predicted octanol–water partition coefficient (Wildman–Crippen LogP) is 2.75. The van der Waals surface area contributed by atoms with Crippen LogP contribution < -0.4 is 4.90 Å². The van der Waals surface area contributed by atoms with Crippen LogP contribution in [0.5, 0.6) is 0 Å². The summed E-state index contributed by atoms with van der Waals surface area (Å²) in [6, 6.07) is 15.3. The second-order valence-corrected chi connectivity index (χ2v) is 5.98. The Balaban J connectivity index is 1.63. The maximum absolute atomic E-state index is 12.9. The maximum Gasteiger partial charge on any atom is 0.339 e. The Morgan fingerprint density at radius 2 is 1.78 bits per heavy atom. The summed E-state index contributed by atoms with van der Waals surface area (Å²) < 4.78 is 5.41. The highest BCUT2D eigenvalue weighted by atomic mass is 16.5. The van der Waals surface area contributed by atoms with Crippen molar-refractivity contribution in [2.24, 2.45) is 0 Å². The van der Waals surface area contributed by atoms with Crippen LogP contribution in [0.15, 0.2) is 48.5 Å². The van der Waals surface area contributed by atoms with Crippen molar-refractivity contribution in [1.82, 2.24) is 0 Å². The number of cyclic esters (lactones) is 1. The minimum atomic E-state index is -0.733. The van der Waals surface area contributed by atoms with Crippen molar-refractivity contribution < 1.29 is 14.3 Å². The number of benzene rings is 2. The number of para-hydroxylation sites is 1. The fourth-order valence-corrected chi connectivity index (χ4v) is 3.41. The molecule has 4 rings (SSSR count). The van der Waals surface area contributed by atoms with Gasteiger partial charge in [0, 0.05) is 18.7 Å². The zero-order valence-electron chi connectivity index (χ0n) is 12.7. The summed E-state index contributed by atoms with van der Waals surface area (Å²) in [5.41, 5.74) is 3.57. The molecule has 4 nitrogen and oxygen atoms in total. The van der Waals surface area contributed by atoms with Gasteiger partial charge in [0.05, 0.1) is 5.56 Å². The molecule has 2 aromatic rings. The first-order valence-corrected chi connectivity index (χ1v) is 7.92. The Kier molecular flexibility index (Phi) is 3.37. The number of carbonyl (C=O) groups is 2. The monoisotopic (exact) mass is 307 g/mol. The number of aryl methyl sites for hydroxylation is 1. The number of esters is 1. The van der Waals surface area contributed by atoms with E-state index in [4.69, 9.17) is 4.74 Å². The fourth-order valence-electron chi connectivity index (χ4n) is 3.41. The van der Waals surface area contributed by atoms with Crippen molar-refractivity contribution in [3.63, 3.8) is 0 Å².